The maximum Gasteiger partial charge on any atom is 0.0777 e. The van der Waals surface area contributed by atoms with Gasteiger partial charge in [0.1, 0.15) is 0 Å². The van der Waals surface area contributed by atoms with Crippen LogP contribution in [0.15, 0.2) is 0 Å². The van der Waals surface area contributed by atoms with E-state index in [0.29, 0.717) is 11.5 Å². The number of aliphatic hydroxyl groups is 1. The van der Waals surface area contributed by atoms with Gasteiger partial charge < -0.3 is 5.11 Å². The van der Waals surface area contributed by atoms with Crippen LogP contribution in [0.3, 0.4) is 0 Å². The monoisotopic (exact) mass is 223 g/mol. The van der Waals surface area contributed by atoms with Crippen LogP contribution in [0.2, 0.25) is 0 Å². The first kappa shape index (κ1) is 11.0. The second kappa shape index (κ2) is 3.23. The number of nitrogens with zero attached hydrogens (tertiary/aromatic N) is 1. The van der Waals surface area contributed by atoms with Crippen LogP contribution in [-0.4, -0.2) is 34.7 Å². The Morgan fingerprint density at radius 1 is 1.06 bits per heavy atom. The van der Waals surface area contributed by atoms with Crippen molar-refractivity contribution in [2.45, 2.75) is 58.1 Å². The molecule has 0 unspecified atom stereocenters. The summed E-state index contributed by atoms with van der Waals surface area (Å²) in [6, 6.07) is 0.429. The summed E-state index contributed by atoms with van der Waals surface area (Å²) in [6.45, 7) is 9.24. The molecule has 4 atom stereocenters. The molecule has 0 amide bonds. The summed E-state index contributed by atoms with van der Waals surface area (Å²) >= 11 is 0. The van der Waals surface area contributed by atoms with Crippen LogP contribution < -0.4 is 0 Å². The van der Waals surface area contributed by atoms with Crippen molar-refractivity contribution in [1.82, 2.24) is 4.90 Å². The van der Waals surface area contributed by atoms with Crippen molar-refractivity contribution in [3.63, 3.8) is 0 Å². The van der Waals surface area contributed by atoms with Gasteiger partial charge in [-0.25, -0.2) is 0 Å². The van der Waals surface area contributed by atoms with E-state index < -0.39 is 5.60 Å². The van der Waals surface area contributed by atoms with Gasteiger partial charge in [0, 0.05) is 6.04 Å². The molecule has 2 nitrogen and oxygen atoms in total. The molecule has 0 aromatic rings. The molecule has 0 spiro atoms. The minimum atomic E-state index is -0.445. The van der Waals surface area contributed by atoms with E-state index in [1.54, 1.807) is 0 Å². The van der Waals surface area contributed by atoms with Crippen molar-refractivity contribution in [3.05, 3.63) is 0 Å². The molecular formula is C14H25NO. The van der Waals surface area contributed by atoms with E-state index in [1.165, 1.54) is 32.4 Å². The Bertz CT molecular complexity index is 291. The molecule has 0 aromatic heterocycles. The van der Waals surface area contributed by atoms with Gasteiger partial charge in [0.05, 0.1) is 5.60 Å². The lowest BCUT2D eigenvalue weighted by molar-refractivity contribution is -0.0566. The van der Waals surface area contributed by atoms with Gasteiger partial charge in [0.25, 0.3) is 0 Å². The zero-order valence-electron chi connectivity index (χ0n) is 10.9. The Morgan fingerprint density at radius 3 is 2.31 bits per heavy atom. The number of likely N-dealkylation sites (tertiary alicyclic amines) is 1. The van der Waals surface area contributed by atoms with E-state index in [1.807, 2.05) is 0 Å². The van der Waals surface area contributed by atoms with Crippen molar-refractivity contribution in [2.75, 3.05) is 13.1 Å². The van der Waals surface area contributed by atoms with Gasteiger partial charge in [0.2, 0.25) is 0 Å². The van der Waals surface area contributed by atoms with Crippen LogP contribution in [0.1, 0.15) is 46.5 Å². The molecule has 3 rings (SSSR count). The molecule has 3 aliphatic rings. The summed E-state index contributed by atoms with van der Waals surface area (Å²) in [5.74, 6) is 1.65. The van der Waals surface area contributed by atoms with Crippen LogP contribution in [0.25, 0.3) is 0 Å². The molecule has 16 heavy (non-hydrogen) atoms. The van der Waals surface area contributed by atoms with Gasteiger partial charge in [-0.3, -0.25) is 4.90 Å². The SMILES string of the molecule is CC1(C)[C@@H]2C[C@H](N3CCCC3)[C@@](C)(O)C[C@@H]21. The van der Waals surface area contributed by atoms with Gasteiger partial charge in [-0.05, 0) is 62.9 Å². The van der Waals surface area contributed by atoms with Crippen LogP contribution in [0.4, 0.5) is 0 Å². The minimum Gasteiger partial charge on any atom is -0.389 e. The van der Waals surface area contributed by atoms with Crippen molar-refractivity contribution in [1.29, 1.82) is 0 Å². The van der Waals surface area contributed by atoms with Crippen molar-refractivity contribution < 1.29 is 5.11 Å². The zero-order valence-corrected chi connectivity index (χ0v) is 10.9. The number of rotatable bonds is 1. The molecule has 2 saturated carbocycles. The van der Waals surface area contributed by atoms with E-state index in [0.717, 1.165) is 18.3 Å². The maximum absolute atomic E-state index is 10.7. The number of fused-ring (bicyclic) bond motifs is 1. The Morgan fingerprint density at radius 2 is 1.69 bits per heavy atom. The minimum absolute atomic E-state index is 0.429. The maximum atomic E-state index is 10.7. The average Bonchev–Trinajstić information content (AvgIpc) is 2.64. The van der Waals surface area contributed by atoms with E-state index >= 15 is 0 Å². The lowest BCUT2D eigenvalue weighted by Crippen LogP contribution is -2.52. The fraction of sp³-hybridized carbons (Fsp3) is 1.00. The average molecular weight is 223 g/mol. The summed E-state index contributed by atoms with van der Waals surface area (Å²) < 4.78 is 0. The topological polar surface area (TPSA) is 23.5 Å². The van der Waals surface area contributed by atoms with E-state index in [9.17, 15) is 5.11 Å². The highest BCUT2D eigenvalue weighted by Crippen LogP contribution is 2.66. The Hall–Kier alpha value is -0.0800. The summed E-state index contributed by atoms with van der Waals surface area (Å²) in [7, 11) is 0. The fourth-order valence-electron chi connectivity index (χ4n) is 4.40. The molecule has 1 saturated heterocycles. The molecule has 0 aromatic carbocycles. The molecule has 1 heterocycles. The normalized spacial score (nSPS) is 51.4. The summed E-state index contributed by atoms with van der Waals surface area (Å²) in [5.41, 5.74) is 0.0533. The van der Waals surface area contributed by atoms with Crippen molar-refractivity contribution in [3.8, 4) is 0 Å². The van der Waals surface area contributed by atoms with Crippen LogP contribution in [-0.2, 0) is 0 Å². The molecule has 0 radical (unpaired) electrons. The fourth-order valence-corrected chi connectivity index (χ4v) is 4.40. The lowest BCUT2D eigenvalue weighted by Gasteiger charge is -2.42. The second-order valence-electron chi connectivity index (χ2n) is 7.09. The number of hydrogen-bond donors (Lipinski definition) is 1. The smallest absolute Gasteiger partial charge is 0.0777 e. The third kappa shape index (κ3) is 1.46. The summed E-state index contributed by atoms with van der Waals surface area (Å²) in [6.07, 6.45) is 4.89. The van der Waals surface area contributed by atoms with E-state index in [-0.39, 0.29) is 0 Å². The highest BCUT2D eigenvalue weighted by Gasteiger charge is 2.64. The third-order valence-electron chi connectivity index (χ3n) is 5.70. The molecule has 0 bridgehead atoms. The first-order valence-corrected chi connectivity index (χ1v) is 6.89. The molecule has 92 valence electrons. The van der Waals surface area contributed by atoms with Gasteiger partial charge in [-0.15, -0.1) is 0 Å². The standard InChI is InChI=1S/C14H25NO/c1-13(2)10-8-12(15-6-4-5-7-15)14(3,16)9-11(10)13/h10-12,16H,4-9H2,1-3H3/t10-,11+,12+,14+/m1/s1. The highest BCUT2D eigenvalue weighted by atomic mass is 16.3. The molecule has 2 aliphatic carbocycles. The van der Waals surface area contributed by atoms with Crippen LogP contribution in [0, 0.1) is 17.3 Å². The third-order valence-corrected chi connectivity index (χ3v) is 5.70. The molecule has 2 heteroatoms. The van der Waals surface area contributed by atoms with Crippen LogP contribution in [0.5, 0.6) is 0 Å². The van der Waals surface area contributed by atoms with Gasteiger partial charge in [-0.2, -0.15) is 0 Å². The predicted octanol–water partition coefficient (Wildman–Crippen LogP) is 2.27. The lowest BCUT2D eigenvalue weighted by atomic mass is 9.81. The largest absolute Gasteiger partial charge is 0.389 e. The van der Waals surface area contributed by atoms with Gasteiger partial charge in [-0.1, -0.05) is 13.8 Å². The highest BCUT2D eigenvalue weighted by molar-refractivity contribution is 5.14. The Kier molecular flexibility index (Phi) is 2.23. The summed E-state index contributed by atoms with van der Waals surface area (Å²) in [5, 5.41) is 10.7. The van der Waals surface area contributed by atoms with Crippen molar-refractivity contribution in [2.24, 2.45) is 17.3 Å². The van der Waals surface area contributed by atoms with Crippen LogP contribution >= 0.6 is 0 Å². The first-order chi connectivity index (χ1) is 7.43. The van der Waals surface area contributed by atoms with E-state index in [2.05, 4.69) is 25.7 Å². The summed E-state index contributed by atoms with van der Waals surface area (Å²) in [4.78, 5) is 2.55. The molecular weight excluding hydrogens is 198 g/mol. The molecule has 1 aliphatic heterocycles. The second-order valence-corrected chi connectivity index (χ2v) is 7.09. The Balaban J connectivity index is 1.78. The zero-order chi connectivity index (χ0) is 11.6. The predicted molar refractivity (Wildman–Crippen MR) is 65.2 cm³/mol. The number of hydrogen-bond acceptors (Lipinski definition) is 2. The van der Waals surface area contributed by atoms with Gasteiger partial charge in [0.15, 0.2) is 0 Å². The molecule has 3 fully saturated rings. The van der Waals surface area contributed by atoms with Crippen molar-refractivity contribution >= 4 is 0 Å². The van der Waals surface area contributed by atoms with E-state index in [4.69, 9.17) is 0 Å². The first-order valence-electron chi connectivity index (χ1n) is 6.89. The van der Waals surface area contributed by atoms with Gasteiger partial charge >= 0.3 is 0 Å². The quantitative estimate of drug-likeness (QED) is 0.737. The molecule has 1 N–H and O–H groups in total. The Labute approximate surface area is 99.0 Å².